The summed E-state index contributed by atoms with van der Waals surface area (Å²) in [5, 5.41) is 0. The van der Waals surface area contributed by atoms with Crippen molar-refractivity contribution in [1.29, 1.82) is 0 Å². The molecule has 2 atom stereocenters. The average Bonchev–Trinajstić information content (AvgIpc) is 0.722. The van der Waals surface area contributed by atoms with Crippen LogP contribution in [0.25, 0.3) is 0 Å². The highest BCUT2D eigenvalue weighted by molar-refractivity contribution is 7.79. The molecule has 0 heterocycles. The zero-order valence-corrected chi connectivity index (χ0v) is 7.18. The molecule has 2 unspecified atom stereocenters. The summed E-state index contributed by atoms with van der Waals surface area (Å²) in [6.07, 6.45) is 0. The van der Waals surface area contributed by atoms with Crippen LogP contribution in [0.15, 0.2) is 0 Å². The van der Waals surface area contributed by atoms with E-state index in [1.807, 2.05) is 0 Å². The van der Waals surface area contributed by atoms with Crippen LogP contribution in [0.3, 0.4) is 0 Å². The van der Waals surface area contributed by atoms with E-state index in [0.717, 1.165) is 0 Å². The van der Waals surface area contributed by atoms with Gasteiger partial charge >= 0.3 is 10.4 Å². The van der Waals surface area contributed by atoms with Crippen LogP contribution in [0.2, 0.25) is 0 Å². The van der Waals surface area contributed by atoms with Crippen LogP contribution in [0.1, 0.15) is 0 Å². The number of rotatable bonds is 0. The van der Waals surface area contributed by atoms with Crippen molar-refractivity contribution in [1.82, 2.24) is 0 Å². The Balaban J connectivity index is -0.0000000800. The molecule has 0 rings (SSSR count). The zero-order valence-electron chi connectivity index (χ0n) is 3.53. The molecule has 48 valence electrons. The second-order valence-corrected chi connectivity index (χ2v) is 1.34. The molecule has 4 nitrogen and oxygen atoms in total. The first-order valence-corrected chi connectivity index (χ1v) is 2.10. The van der Waals surface area contributed by atoms with Crippen LogP contribution in [0.4, 0.5) is 0 Å². The maximum atomic E-state index is 8.74. The molecule has 0 radical (unpaired) electrons. The Kier molecular flexibility index (Phi) is 10.9. The van der Waals surface area contributed by atoms with Crippen molar-refractivity contribution in [2.75, 3.05) is 0 Å². The van der Waals surface area contributed by atoms with E-state index in [4.69, 9.17) is 17.5 Å². The molecule has 2 N–H and O–H groups in total. The monoisotopic (exact) mass is 166 g/mol. The summed E-state index contributed by atoms with van der Waals surface area (Å²) in [7, 11) is -4.67. The van der Waals surface area contributed by atoms with Gasteiger partial charge in [-0.15, -0.1) is 0 Å². The highest BCUT2D eigenvalue weighted by Gasteiger charge is 1.84. The molecule has 0 amide bonds. The first kappa shape index (κ1) is 15.6. The summed E-state index contributed by atoms with van der Waals surface area (Å²) in [5.41, 5.74) is 0. The van der Waals surface area contributed by atoms with Gasteiger partial charge in [-0.2, -0.15) is 28.2 Å². The molecule has 0 aliphatic rings. The first-order chi connectivity index (χ1) is 2.00. The Morgan fingerprint density at radius 1 is 1.00 bits per heavy atom. The second-order valence-electron chi connectivity index (χ2n) is 0.448. The van der Waals surface area contributed by atoms with Gasteiger partial charge in [-0.3, -0.25) is 9.11 Å². The van der Waals surface area contributed by atoms with Crippen molar-refractivity contribution < 1.29 is 17.5 Å². The molecule has 7 heavy (non-hydrogen) atoms. The summed E-state index contributed by atoms with van der Waals surface area (Å²) >= 11 is 0. The Hall–Kier alpha value is 0.730. The van der Waals surface area contributed by atoms with E-state index < -0.39 is 10.4 Å². The quantitative estimate of drug-likeness (QED) is 0.374. The minimum absolute atomic E-state index is 0. The van der Waals surface area contributed by atoms with E-state index in [1.54, 1.807) is 0 Å². The molecule has 0 saturated carbocycles. The fourth-order valence-electron chi connectivity index (χ4n) is 0. The Morgan fingerprint density at radius 2 is 1.00 bits per heavy atom. The highest BCUT2D eigenvalue weighted by Crippen LogP contribution is 1.59. The van der Waals surface area contributed by atoms with Gasteiger partial charge in [-0.1, -0.05) is 0 Å². The van der Waals surface area contributed by atoms with Crippen LogP contribution in [0, 0.1) is 0 Å². The van der Waals surface area contributed by atoms with Gasteiger partial charge in [-0.05, 0) is 0 Å². The SMILES string of the molecule is O=S(=O)(O)O.P.P. The normalized spacial score (nSPS) is 8.29. The highest BCUT2D eigenvalue weighted by atomic mass is 32.3. The van der Waals surface area contributed by atoms with Crippen LogP contribution < -0.4 is 0 Å². The molecule has 0 fully saturated rings. The summed E-state index contributed by atoms with van der Waals surface area (Å²) < 4.78 is 31.6. The Labute approximate surface area is 48.5 Å². The third kappa shape index (κ3) is 283. The summed E-state index contributed by atoms with van der Waals surface area (Å²) in [6.45, 7) is 0. The maximum absolute atomic E-state index is 8.74. The molecule has 0 aliphatic carbocycles. The van der Waals surface area contributed by atoms with Crippen LogP contribution in [-0.2, 0) is 10.4 Å². The molecule has 0 aromatic heterocycles. The summed E-state index contributed by atoms with van der Waals surface area (Å²) in [5.74, 6) is 0. The topological polar surface area (TPSA) is 74.6 Å². The minimum atomic E-state index is -4.67. The molecule has 0 spiro atoms. The standard InChI is InChI=1S/H2O4S.2H3P/c1-5(2,3)4;;/h(H2,1,2,3,4);2*1H3. The lowest BCUT2D eigenvalue weighted by Gasteiger charge is -1.68. The van der Waals surface area contributed by atoms with E-state index >= 15 is 0 Å². The van der Waals surface area contributed by atoms with Crippen molar-refractivity contribution in [3.8, 4) is 0 Å². The van der Waals surface area contributed by atoms with Crippen LogP contribution in [-0.4, -0.2) is 17.5 Å². The molecule has 0 aromatic carbocycles. The number of hydrogen-bond donors (Lipinski definition) is 2. The molecular formula is H8O4P2S. The zero-order chi connectivity index (χ0) is 4.50. The lowest BCUT2D eigenvalue weighted by molar-refractivity contribution is 0.381. The smallest absolute Gasteiger partial charge is 0.264 e. The fourth-order valence-corrected chi connectivity index (χ4v) is 0. The molecule has 0 aliphatic heterocycles. The van der Waals surface area contributed by atoms with E-state index in [9.17, 15) is 0 Å². The maximum Gasteiger partial charge on any atom is 0.394 e. The van der Waals surface area contributed by atoms with Crippen molar-refractivity contribution in [2.45, 2.75) is 0 Å². The largest absolute Gasteiger partial charge is 0.394 e. The Bertz CT molecular complexity index is 92.9. The predicted octanol–water partition coefficient (Wildman–Crippen LogP) is -0.537. The Morgan fingerprint density at radius 3 is 1.00 bits per heavy atom. The lowest BCUT2D eigenvalue weighted by atomic mass is 15.8. The third-order valence-electron chi connectivity index (χ3n) is 0. The number of hydrogen-bond acceptors (Lipinski definition) is 2. The minimum Gasteiger partial charge on any atom is -0.264 e. The fraction of sp³-hybridized carbons (Fsp3) is 0. The second kappa shape index (κ2) is 4.88. The predicted molar refractivity (Wildman–Crippen MR) is 36.4 cm³/mol. The van der Waals surface area contributed by atoms with E-state index in [2.05, 4.69) is 0 Å². The van der Waals surface area contributed by atoms with Gasteiger partial charge in [0.1, 0.15) is 0 Å². The van der Waals surface area contributed by atoms with Crippen molar-refractivity contribution in [2.24, 2.45) is 0 Å². The molecule has 0 saturated heterocycles. The van der Waals surface area contributed by atoms with Gasteiger partial charge in [0.25, 0.3) is 0 Å². The van der Waals surface area contributed by atoms with Gasteiger partial charge in [0, 0.05) is 0 Å². The van der Waals surface area contributed by atoms with Gasteiger partial charge in [0.2, 0.25) is 0 Å². The summed E-state index contributed by atoms with van der Waals surface area (Å²) in [6, 6.07) is 0. The van der Waals surface area contributed by atoms with Gasteiger partial charge < -0.3 is 0 Å². The van der Waals surface area contributed by atoms with Gasteiger partial charge in [0.05, 0.1) is 0 Å². The molecule has 0 bridgehead atoms. The van der Waals surface area contributed by atoms with E-state index in [0.29, 0.717) is 0 Å². The van der Waals surface area contributed by atoms with Gasteiger partial charge in [-0.25, -0.2) is 0 Å². The van der Waals surface area contributed by atoms with E-state index in [-0.39, 0.29) is 19.8 Å². The van der Waals surface area contributed by atoms with E-state index in [1.165, 1.54) is 0 Å². The third-order valence-corrected chi connectivity index (χ3v) is 0. The first-order valence-electron chi connectivity index (χ1n) is 0.698. The summed E-state index contributed by atoms with van der Waals surface area (Å²) in [4.78, 5) is 0. The molecule has 7 heteroatoms. The lowest BCUT2D eigenvalue weighted by Crippen LogP contribution is -1.89. The van der Waals surface area contributed by atoms with Crippen LogP contribution in [0.5, 0.6) is 0 Å². The molecular weight excluding hydrogens is 158 g/mol. The van der Waals surface area contributed by atoms with Crippen molar-refractivity contribution >= 4 is 30.2 Å². The van der Waals surface area contributed by atoms with Crippen LogP contribution >= 0.6 is 19.8 Å². The van der Waals surface area contributed by atoms with Crippen molar-refractivity contribution in [3.05, 3.63) is 0 Å². The van der Waals surface area contributed by atoms with Gasteiger partial charge in [0.15, 0.2) is 0 Å². The van der Waals surface area contributed by atoms with Crippen molar-refractivity contribution in [3.63, 3.8) is 0 Å². The molecule has 0 aromatic rings. The average molecular weight is 166 g/mol.